The number of aliphatic hydroxyl groups is 1. The van der Waals surface area contributed by atoms with Gasteiger partial charge >= 0.3 is 0 Å². The molecule has 2 N–H and O–H groups in total. The van der Waals surface area contributed by atoms with Gasteiger partial charge in [0.25, 0.3) is 0 Å². The predicted octanol–water partition coefficient (Wildman–Crippen LogP) is 2.52. The first kappa shape index (κ1) is 10.4. The fourth-order valence-electron chi connectivity index (χ4n) is 0.978. The lowest BCUT2D eigenvalue weighted by molar-refractivity contribution is 0.183. The number of rotatable bonds is 4. The van der Waals surface area contributed by atoms with E-state index in [2.05, 4.69) is 5.32 Å². The molecule has 0 saturated heterocycles. The number of aliphatic hydroxyl groups excluding tert-OH is 1. The summed E-state index contributed by atoms with van der Waals surface area (Å²) in [6, 6.07) is 7.46. The minimum atomic E-state index is -0.293. The first-order valence-corrected chi connectivity index (χ1v) is 4.77. The molecule has 0 amide bonds. The second-order valence-electron chi connectivity index (χ2n) is 2.95. The lowest BCUT2D eigenvalue weighted by atomic mass is 10.2. The van der Waals surface area contributed by atoms with Gasteiger partial charge in [-0.3, -0.25) is 0 Å². The van der Waals surface area contributed by atoms with Crippen LogP contribution in [0.15, 0.2) is 24.3 Å². The summed E-state index contributed by atoms with van der Waals surface area (Å²) in [4.78, 5) is 0. The van der Waals surface area contributed by atoms with Gasteiger partial charge in [0.1, 0.15) is 0 Å². The Kier molecular flexibility index (Phi) is 4.06. The van der Waals surface area contributed by atoms with E-state index in [9.17, 15) is 5.11 Å². The first-order valence-electron chi connectivity index (χ1n) is 4.40. The fraction of sp³-hybridized carbons (Fsp3) is 0.400. The third kappa shape index (κ3) is 3.66. The normalized spacial score (nSPS) is 12.5. The van der Waals surface area contributed by atoms with Gasteiger partial charge in [-0.2, -0.15) is 0 Å². The van der Waals surface area contributed by atoms with Crippen LogP contribution in [0.3, 0.4) is 0 Å². The summed E-state index contributed by atoms with van der Waals surface area (Å²) in [6.45, 7) is 2.52. The van der Waals surface area contributed by atoms with Crippen molar-refractivity contribution in [2.45, 2.75) is 19.4 Å². The third-order valence-electron chi connectivity index (χ3n) is 1.84. The average molecular weight is 200 g/mol. The Labute approximate surface area is 83.5 Å². The molecule has 1 atom stereocenters. The predicted molar refractivity (Wildman–Crippen MR) is 56.2 cm³/mol. The maximum atomic E-state index is 9.29. The molecule has 0 saturated carbocycles. The van der Waals surface area contributed by atoms with Gasteiger partial charge in [0.15, 0.2) is 0 Å². The molecule has 0 unspecified atom stereocenters. The summed E-state index contributed by atoms with van der Waals surface area (Å²) in [6.07, 6.45) is 0.465. The van der Waals surface area contributed by atoms with Crippen LogP contribution in [-0.2, 0) is 0 Å². The van der Waals surface area contributed by atoms with Gasteiger partial charge in [0, 0.05) is 17.3 Å². The van der Waals surface area contributed by atoms with Crippen molar-refractivity contribution in [2.75, 3.05) is 11.9 Å². The van der Waals surface area contributed by atoms with Crippen LogP contribution < -0.4 is 5.32 Å². The number of anilines is 1. The molecule has 0 fully saturated rings. The highest BCUT2D eigenvalue weighted by molar-refractivity contribution is 6.30. The number of nitrogens with one attached hydrogen (secondary N) is 1. The molecular formula is C10H14ClNO. The van der Waals surface area contributed by atoms with E-state index in [0.717, 1.165) is 12.1 Å². The lowest BCUT2D eigenvalue weighted by Gasteiger charge is -2.10. The van der Waals surface area contributed by atoms with Crippen molar-refractivity contribution >= 4 is 17.3 Å². The molecule has 0 aromatic heterocycles. The molecular weight excluding hydrogens is 186 g/mol. The molecule has 0 aliphatic carbocycles. The Balaban J connectivity index is 2.45. The molecule has 13 heavy (non-hydrogen) atoms. The Morgan fingerprint density at radius 3 is 2.92 bits per heavy atom. The topological polar surface area (TPSA) is 32.3 Å². The zero-order valence-electron chi connectivity index (χ0n) is 7.63. The Hall–Kier alpha value is -0.730. The molecule has 0 bridgehead atoms. The van der Waals surface area contributed by atoms with Crippen LogP contribution in [0, 0.1) is 0 Å². The quantitative estimate of drug-likeness (QED) is 0.781. The van der Waals surface area contributed by atoms with Gasteiger partial charge in [0.05, 0.1) is 6.10 Å². The van der Waals surface area contributed by atoms with Crippen LogP contribution in [0.5, 0.6) is 0 Å². The van der Waals surface area contributed by atoms with E-state index in [0.29, 0.717) is 11.6 Å². The van der Waals surface area contributed by atoms with Gasteiger partial charge in [-0.25, -0.2) is 0 Å². The van der Waals surface area contributed by atoms with E-state index < -0.39 is 0 Å². The van der Waals surface area contributed by atoms with Crippen LogP contribution >= 0.6 is 11.6 Å². The standard InChI is InChI=1S/C10H14ClNO/c1-2-10(13)7-12-9-5-3-4-8(11)6-9/h3-6,10,12-13H,2,7H2,1H3/t10-/m1/s1. The third-order valence-corrected chi connectivity index (χ3v) is 2.07. The van der Waals surface area contributed by atoms with Crippen molar-refractivity contribution < 1.29 is 5.11 Å². The van der Waals surface area contributed by atoms with E-state index in [-0.39, 0.29) is 6.10 Å². The molecule has 0 heterocycles. The summed E-state index contributed by atoms with van der Waals surface area (Å²) >= 11 is 5.79. The van der Waals surface area contributed by atoms with Crippen LogP contribution in [0.25, 0.3) is 0 Å². The highest BCUT2D eigenvalue weighted by atomic mass is 35.5. The molecule has 0 aliphatic rings. The highest BCUT2D eigenvalue weighted by Gasteiger charge is 1.99. The van der Waals surface area contributed by atoms with Gasteiger partial charge in [0.2, 0.25) is 0 Å². The van der Waals surface area contributed by atoms with Crippen molar-refractivity contribution in [3.63, 3.8) is 0 Å². The summed E-state index contributed by atoms with van der Waals surface area (Å²) in [5.74, 6) is 0. The fourth-order valence-corrected chi connectivity index (χ4v) is 1.17. The Morgan fingerprint density at radius 1 is 1.54 bits per heavy atom. The maximum Gasteiger partial charge on any atom is 0.0709 e. The van der Waals surface area contributed by atoms with Gasteiger partial charge < -0.3 is 10.4 Å². The van der Waals surface area contributed by atoms with Gasteiger partial charge in [-0.1, -0.05) is 24.6 Å². The molecule has 1 aromatic carbocycles. The zero-order valence-corrected chi connectivity index (χ0v) is 8.38. The summed E-state index contributed by atoms with van der Waals surface area (Å²) in [7, 11) is 0. The van der Waals surface area contributed by atoms with E-state index in [4.69, 9.17) is 11.6 Å². The molecule has 0 spiro atoms. The molecule has 1 rings (SSSR count). The van der Waals surface area contributed by atoms with Crippen molar-refractivity contribution in [1.82, 2.24) is 0 Å². The lowest BCUT2D eigenvalue weighted by Crippen LogP contribution is -2.17. The molecule has 1 aromatic rings. The van der Waals surface area contributed by atoms with Crippen molar-refractivity contribution in [1.29, 1.82) is 0 Å². The van der Waals surface area contributed by atoms with Crippen LogP contribution in [-0.4, -0.2) is 17.8 Å². The SMILES string of the molecule is CC[C@@H](O)CNc1cccc(Cl)c1. The first-order chi connectivity index (χ1) is 6.22. The molecule has 72 valence electrons. The number of halogens is 1. The largest absolute Gasteiger partial charge is 0.391 e. The van der Waals surface area contributed by atoms with Crippen molar-refractivity contribution in [3.8, 4) is 0 Å². The summed E-state index contributed by atoms with van der Waals surface area (Å²) in [5.41, 5.74) is 0.944. The van der Waals surface area contributed by atoms with Crippen molar-refractivity contribution in [2.24, 2.45) is 0 Å². The van der Waals surface area contributed by atoms with Crippen LogP contribution in [0.4, 0.5) is 5.69 Å². The second-order valence-corrected chi connectivity index (χ2v) is 3.39. The van der Waals surface area contributed by atoms with E-state index >= 15 is 0 Å². The molecule has 2 nitrogen and oxygen atoms in total. The molecule has 0 radical (unpaired) electrons. The van der Waals surface area contributed by atoms with E-state index in [1.54, 1.807) is 0 Å². The van der Waals surface area contributed by atoms with Gasteiger partial charge in [-0.05, 0) is 24.6 Å². The monoisotopic (exact) mass is 199 g/mol. The zero-order chi connectivity index (χ0) is 9.68. The highest BCUT2D eigenvalue weighted by Crippen LogP contribution is 2.14. The second kappa shape index (κ2) is 5.10. The van der Waals surface area contributed by atoms with Crippen LogP contribution in [0.2, 0.25) is 5.02 Å². The maximum absolute atomic E-state index is 9.29. The van der Waals surface area contributed by atoms with E-state index in [1.165, 1.54) is 0 Å². The van der Waals surface area contributed by atoms with Crippen molar-refractivity contribution in [3.05, 3.63) is 29.3 Å². The average Bonchev–Trinajstić information content (AvgIpc) is 2.14. The summed E-state index contributed by atoms with van der Waals surface area (Å²) in [5, 5.41) is 13.1. The minimum Gasteiger partial charge on any atom is -0.391 e. The Morgan fingerprint density at radius 2 is 2.31 bits per heavy atom. The van der Waals surface area contributed by atoms with E-state index in [1.807, 2.05) is 31.2 Å². The number of hydrogen-bond donors (Lipinski definition) is 2. The summed E-state index contributed by atoms with van der Waals surface area (Å²) < 4.78 is 0. The smallest absolute Gasteiger partial charge is 0.0709 e. The molecule has 3 heteroatoms. The number of benzene rings is 1. The van der Waals surface area contributed by atoms with Crippen LogP contribution in [0.1, 0.15) is 13.3 Å². The molecule has 0 aliphatic heterocycles. The number of hydrogen-bond acceptors (Lipinski definition) is 2. The minimum absolute atomic E-state index is 0.293. The Bertz CT molecular complexity index is 265. The van der Waals surface area contributed by atoms with Gasteiger partial charge in [-0.15, -0.1) is 0 Å².